The quantitative estimate of drug-likeness (QED) is 0.423. The van der Waals surface area contributed by atoms with Gasteiger partial charge in [0.2, 0.25) is 0 Å². The lowest BCUT2D eigenvalue weighted by molar-refractivity contribution is 0.0430. The van der Waals surface area contributed by atoms with E-state index < -0.39 is 0 Å². The molecule has 0 amide bonds. The predicted molar refractivity (Wildman–Crippen MR) is 197 cm³/mol. The van der Waals surface area contributed by atoms with Crippen LogP contribution < -0.4 is 0 Å². The number of likely N-dealkylation sites (N-methyl/N-ethyl adjacent to an activating group) is 2. The minimum Gasteiger partial charge on any atom is -0.383 e. The zero-order valence-corrected chi connectivity index (χ0v) is 31.4. The van der Waals surface area contributed by atoms with Crippen molar-refractivity contribution in [3.63, 3.8) is 0 Å². The molecule has 2 bridgehead atoms. The highest BCUT2D eigenvalue weighted by atomic mass is 16.5. The largest absolute Gasteiger partial charge is 0.383 e. The van der Waals surface area contributed by atoms with E-state index in [9.17, 15) is 0 Å². The molecule has 2 aromatic rings. The van der Waals surface area contributed by atoms with Crippen molar-refractivity contribution in [1.29, 1.82) is 0 Å². The number of hydrogen-bond acceptors (Lipinski definition) is 12. The van der Waals surface area contributed by atoms with Gasteiger partial charge in [-0.2, -0.15) is 0 Å². The van der Waals surface area contributed by atoms with Gasteiger partial charge in [0.15, 0.2) is 0 Å². The summed E-state index contributed by atoms with van der Waals surface area (Å²) in [5.41, 5.74) is 3.21. The Morgan fingerprint density at radius 3 is 1.60 bits per heavy atom. The van der Waals surface area contributed by atoms with Crippen LogP contribution in [-0.2, 0) is 48.1 Å². The highest BCUT2D eigenvalue weighted by Crippen LogP contribution is 2.08. The van der Waals surface area contributed by atoms with Gasteiger partial charge in [0.05, 0.1) is 63.3 Å². The molecule has 0 saturated heterocycles. The molecule has 0 spiro atoms. The number of aromatic nitrogens is 2. The fourth-order valence-electron chi connectivity index (χ4n) is 5.62. The third-order valence-corrected chi connectivity index (χ3v) is 8.72. The van der Waals surface area contributed by atoms with Gasteiger partial charge in [-0.1, -0.05) is 26.0 Å². The molecule has 2 aromatic heterocycles. The standard InChI is InChI=1S/C38H66N6O6/c1-4-41-16-27-46-22-9-24-48-30-19-43(15-26-45-3)35-38-13-8-12-37(40-38)34-42(5-2)18-29-47-23-10-25-49-31-20-44(21-32-50-28-17-41)33-36-11-6-7-14-39-36/h6-8,11-14H,4-5,9-10,15-35H2,1-3H3. The van der Waals surface area contributed by atoms with E-state index in [1.807, 2.05) is 18.3 Å². The molecule has 12 heteroatoms. The van der Waals surface area contributed by atoms with E-state index in [-0.39, 0.29) is 0 Å². The molecule has 0 aliphatic carbocycles. The molecule has 0 unspecified atom stereocenters. The second-order valence-electron chi connectivity index (χ2n) is 12.6. The molecule has 0 fully saturated rings. The first-order chi connectivity index (χ1) is 24.7. The lowest BCUT2D eigenvalue weighted by Gasteiger charge is -2.23. The fraction of sp³-hybridized carbons (Fsp3) is 0.737. The van der Waals surface area contributed by atoms with Crippen LogP contribution in [0.15, 0.2) is 42.6 Å². The lowest BCUT2D eigenvalue weighted by Crippen LogP contribution is -2.33. The first kappa shape index (κ1) is 42.3. The van der Waals surface area contributed by atoms with Crippen molar-refractivity contribution in [1.82, 2.24) is 29.6 Å². The maximum atomic E-state index is 6.07. The Balaban J connectivity index is 1.50. The van der Waals surface area contributed by atoms with Gasteiger partial charge in [-0.25, -0.2) is 0 Å². The second kappa shape index (κ2) is 28.5. The average Bonchev–Trinajstić information content (AvgIpc) is 3.14. The summed E-state index contributed by atoms with van der Waals surface area (Å²) in [6.07, 6.45) is 3.61. The van der Waals surface area contributed by atoms with Gasteiger partial charge in [0.25, 0.3) is 0 Å². The first-order valence-electron chi connectivity index (χ1n) is 18.8. The van der Waals surface area contributed by atoms with E-state index in [4.69, 9.17) is 33.4 Å². The molecule has 284 valence electrons. The fourth-order valence-corrected chi connectivity index (χ4v) is 5.62. The number of ether oxygens (including phenoxy) is 6. The van der Waals surface area contributed by atoms with Crippen LogP contribution in [0.25, 0.3) is 0 Å². The summed E-state index contributed by atoms with van der Waals surface area (Å²) in [6.45, 7) is 22.2. The van der Waals surface area contributed by atoms with Crippen molar-refractivity contribution in [2.75, 3.05) is 139 Å². The summed E-state index contributed by atoms with van der Waals surface area (Å²) in [5.74, 6) is 0. The van der Waals surface area contributed by atoms with E-state index in [0.717, 1.165) is 108 Å². The summed E-state index contributed by atoms with van der Waals surface area (Å²) >= 11 is 0. The average molecular weight is 703 g/mol. The van der Waals surface area contributed by atoms with Crippen molar-refractivity contribution in [3.05, 3.63) is 59.7 Å². The highest BCUT2D eigenvalue weighted by molar-refractivity contribution is 5.11. The third kappa shape index (κ3) is 20.1. The minimum absolute atomic E-state index is 0.669. The molecular formula is C38H66N6O6. The van der Waals surface area contributed by atoms with Crippen LogP contribution in [-0.4, -0.2) is 168 Å². The Morgan fingerprint density at radius 2 is 1.08 bits per heavy atom. The summed E-state index contributed by atoms with van der Waals surface area (Å²) < 4.78 is 35.3. The maximum Gasteiger partial charge on any atom is 0.0594 e. The molecule has 0 N–H and O–H groups in total. The Hall–Kier alpha value is -2.10. The Bertz CT molecular complexity index is 1070. The predicted octanol–water partition coefficient (Wildman–Crippen LogP) is 3.45. The van der Waals surface area contributed by atoms with Gasteiger partial charge >= 0.3 is 0 Å². The Labute approximate surface area is 302 Å². The van der Waals surface area contributed by atoms with Crippen LogP contribution in [0.5, 0.6) is 0 Å². The second-order valence-corrected chi connectivity index (χ2v) is 12.6. The highest BCUT2D eigenvalue weighted by Gasteiger charge is 2.11. The van der Waals surface area contributed by atoms with Gasteiger partial charge in [-0.3, -0.25) is 29.6 Å². The molecule has 3 rings (SSSR count). The summed E-state index contributed by atoms with van der Waals surface area (Å²) in [7, 11) is 1.75. The first-order valence-corrected chi connectivity index (χ1v) is 18.8. The van der Waals surface area contributed by atoms with Crippen LogP contribution >= 0.6 is 0 Å². The van der Waals surface area contributed by atoms with Crippen molar-refractivity contribution < 1.29 is 28.4 Å². The Kier molecular flexibility index (Phi) is 24.1. The van der Waals surface area contributed by atoms with Gasteiger partial charge in [-0.15, -0.1) is 0 Å². The zero-order chi connectivity index (χ0) is 35.3. The van der Waals surface area contributed by atoms with Crippen molar-refractivity contribution >= 4 is 0 Å². The smallest absolute Gasteiger partial charge is 0.0594 e. The monoisotopic (exact) mass is 703 g/mol. The van der Waals surface area contributed by atoms with Gasteiger partial charge in [-0.05, 0) is 50.2 Å². The summed E-state index contributed by atoms with van der Waals surface area (Å²) in [6, 6.07) is 12.4. The van der Waals surface area contributed by atoms with Gasteiger partial charge in [0, 0.05) is 105 Å². The normalized spacial score (nSPS) is 20.5. The van der Waals surface area contributed by atoms with E-state index in [1.54, 1.807) is 7.11 Å². The zero-order valence-electron chi connectivity index (χ0n) is 31.4. The molecule has 50 heavy (non-hydrogen) atoms. The molecule has 1 aliphatic heterocycles. The van der Waals surface area contributed by atoms with Crippen molar-refractivity contribution in [2.45, 2.75) is 46.3 Å². The maximum absolute atomic E-state index is 6.07. The van der Waals surface area contributed by atoms with Crippen LogP contribution in [0.4, 0.5) is 0 Å². The number of rotatable bonds is 7. The van der Waals surface area contributed by atoms with Gasteiger partial charge in [0.1, 0.15) is 0 Å². The van der Waals surface area contributed by atoms with E-state index in [2.05, 4.69) is 62.7 Å². The van der Waals surface area contributed by atoms with Crippen LogP contribution in [0, 0.1) is 0 Å². The molecule has 3 heterocycles. The summed E-state index contributed by atoms with van der Waals surface area (Å²) in [4.78, 5) is 19.0. The summed E-state index contributed by atoms with van der Waals surface area (Å²) in [5, 5.41) is 0. The van der Waals surface area contributed by atoms with Crippen LogP contribution in [0.1, 0.15) is 43.8 Å². The van der Waals surface area contributed by atoms with E-state index >= 15 is 0 Å². The van der Waals surface area contributed by atoms with Gasteiger partial charge < -0.3 is 28.4 Å². The van der Waals surface area contributed by atoms with Crippen molar-refractivity contribution in [2.24, 2.45) is 0 Å². The molecule has 12 nitrogen and oxygen atoms in total. The molecular weight excluding hydrogens is 636 g/mol. The molecule has 0 atom stereocenters. The van der Waals surface area contributed by atoms with E-state index in [1.165, 1.54) is 0 Å². The molecule has 1 aliphatic rings. The number of pyridine rings is 2. The third-order valence-electron chi connectivity index (χ3n) is 8.72. The molecule has 0 saturated carbocycles. The number of methoxy groups -OCH3 is 1. The molecule has 0 radical (unpaired) electrons. The minimum atomic E-state index is 0.669. The SMILES string of the molecule is CCN1CCOCCCOCCN(CCOC)Cc2cccc(n2)CN(CC)CCOCCCOCCN(Cc2ccccn2)CCOCC1. The topological polar surface area (TPSA) is 94.1 Å². The van der Waals surface area contributed by atoms with Crippen LogP contribution in [0.2, 0.25) is 0 Å². The lowest BCUT2D eigenvalue weighted by atomic mass is 10.2. The Morgan fingerprint density at radius 1 is 0.580 bits per heavy atom. The van der Waals surface area contributed by atoms with Crippen molar-refractivity contribution in [3.8, 4) is 0 Å². The molecule has 0 aromatic carbocycles. The van der Waals surface area contributed by atoms with E-state index in [0.29, 0.717) is 72.7 Å². The number of hydrogen-bond donors (Lipinski definition) is 0. The van der Waals surface area contributed by atoms with Crippen LogP contribution in [0.3, 0.4) is 0 Å². The number of fused-ring (bicyclic) bond motifs is 2. The number of nitrogens with zero attached hydrogens (tertiary/aromatic N) is 6.